The summed E-state index contributed by atoms with van der Waals surface area (Å²) < 4.78 is 65.6. The van der Waals surface area contributed by atoms with Gasteiger partial charge in [-0.3, -0.25) is 0 Å². The Kier molecular flexibility index (Phi) is 2.98. The van der Waals surface area contributed by atoms with Gasteiger partial charge in [0.05, 0.1) is 18.6 Å². The zero-order valence-electron chi connectivity index (χ0n) is 11.2. The van der Waals surface area contributed by atoms with Gasteiger partial charge in [-0.05, 0) is 12.1 Å². The number of nitrogens with two attached hydrogens (primary N) is 1. The number of alkyl halides is 3. The van der Waals surface area contributed by atoms with Crippen molar-refractivity contribution in [1.29, 1.82) is 0 Å². The fourth-order valence-electron chi connectivity index (χ4n) is 2.27. The minimum Gasteiger partial charge on any atom is -0.368 e. The van der Waals surface area contributed by atoms with Gasteiger partial charge in [-0.1, -0.05) is 0 Å². The van der Waals surface area contributed by atoms with Gasteiger partial charge in [0.25, 0.3) is 0 Å². The summed E-state index contributed by atoms with van der Waals surface area (Å²) in [4.78, 5) is 7.15. The van der Waals surface area contributed by atoms with E-state index in [0.29, 0.717) is 0 Å². The van der Waals surface area contributed by atoms with Crippen molar-refractivity contribution in [2.45, 2.75) is 17.7 Å². The lowest BCUT2D eigenvalue weighted by Crippen LogP contribution is -2.29. The maximum Gasteiger partial charge on any atom is 0.431 e. The molecule has 2 aromatic heterocycles. The Morgan fingerprint density at radius 1 is 1.32 bits per heavy atom. The molecule has 0 saturated heterocycles. The molecule has 3 heterocycles. The van der Waals surface area contributed by atoms with E-state index in [0.717, 1.165) is 21.1 Å². The highest BCUT2D eigenvalue weighted by Gasteiger charge is 2.39. The van der Waals surface area contributed by atoms with Crippen molar-refractivity contribution in [3.63, 3.8) is 0 Å². The second kappa shape index (κ2) is 4.43. The summed E-state index contributed by atoms with van der Waals surface area (Å²) in [5.74, 6) is -0.222. The van der Waals surface area contributed by atoms with Crippen LogP contribution in [-0.2, 0) is 22.9 Å². The monoisotopic (exact) mass is 333 g/mol. The first-order chi connectivity index (χ1) is 10.1. The van der Waals surface area contributed by atoms with Crippen molar-refractivity contribution < 1.29 is 21.6 Å². The Labute approximate surface area is 123 Å². The maximum atomic E-state index is 13.1. The number of fused-ring (bicyclic) bond motifs is 3. The molecule has 2 N–H and O–H groups in total. The highest BCUT2D eigenvalue weighted by molar-refractivity contribution is 7.89. The van der Waals surface area contributed by atoms with Crippen LogP contribution in [0.15, 0.2) is 23.2 Å². The molecule has 0 aromatic carbocycles. The van der Waals surface area contributed by atoms with Gasteiger partial charge in [0.15, 0.2) is 0 Å². The second-order valence-corrected chi connectivity index (χ2v) is 6.73. The first kappa shape index (κ1) is 14.8. The standard InChI is InChI=1S/C11H10F3N5O2S/c1-18-5-19-6(2-3-8(19)11(12,13)14)9-7(22(18,20)21)4-16-10(15)17-9/h2-4H,5H2,1H3,(H2,15,16,17). The van der Waals surface area contributed by atoms with Gasteiger partial charge in [-0.15, -0.1) is 0 Å². The molecule has 22 heavy (non-hydrogen) atoms. The third-order valence-corrected chi connectivity index (χ3v) is 5.11. The summed E-state index contributed by atoms with van der Waals surface area (Å²) in [6, 6.07) is 2.05. The second-order valence-electron chi connectivity index (χ2n) is 4.72. The molecule has 7 nitrogen and oxygen atoms in total. The molecular weight excluding hydrogens is 323 g/mol. The summed E-state index contributed by atoms with van der Waals surface area (Å²) in [7, 11) is -2.82. The molecular formula is C11H10F3N5O2S. The van der Waals surface area contributed by atoms with Gasteiger partial charge in [0, 0.05) is 7.05 Å². The molecule has 118 valence electrons. The lowest BCUT2D eigenvalue weighted by atomic mass is 10.3. The number of anilines is 1. The van der Waals surface area contributed by atoms with Crippen LogP contribution in [-0.4, -0.2) is 34.3 Å². The van der Waals surface area contributed by atoms with E-state index in [1.54, 1.807) is 0 Å². The Morgan fingerprint density at radius 3 is 2.64 bits per heavy atom. The highest BCUT2D eigenvalue weighted by atomic mass is 32.2. The number of rotatable bonds is 0. The van der Waals surface area contributed by atoms with Gasteiger partial charge in [0.2, 0.25) is 16.0 Å². The molecule has 0 unspecified atom stereocenters. The van der Waals surface area contributed by atoms with E-state index in [4.69, 9.17) is 5.73 Å². The third kappa shape index (κ3) is 2.04. The summed E-state index contributed by atoms with van der Waals surface area (Å²) in [6.45, 7) is -0.490. The Hall–Kier alpha value is -2.14. The summed E-state index contributed by atoms with van der Waals surface area (Å²) in [5, 5.41) is 0. The van der Waals surface area contributed by atoms with E-state index in [-0.39, 0.29) is 22.2 Å². The molecule has 0 spiro atoms. The maximum absolute atomic E-state index is 13.1. The summed E-state index contributed by atoms with van der Waals surface area (Å²) in [5.41, 5.74) is 4.35. The van der Waals surface area contributed by atoms with E-state index in [9.17, 15) is 21.6 Å². The Morgan fingerprint density at radius 2 is 2.00 bits per heavy atom. The Bertz CT molecular complexity index is 859. The minimum absolute atomic E-state index is 0.0179. The largest absolute Gasteiger partial charge is 0.431 e. The van der Waals surface area contributed by atoms with Crippen molar-refractivity contribution >= 4 is 16.0 Å². The molecule has 3 rings (SSSR count). The first-order valence-electron chi connectivity index (χ1n) is 5.98. The van der Waals surface area contributed by atoms with E-state index < -0.39 is 28.6 Å². The van der Waals surface area contributed by atoms with Crippen LogP contribution >= 0.6 is 0 Å². The zero-order chi connectivity index (χ0) is 16.3. The number of sulfonamides is 1. The molecule has 0 atom stereocenters. The van der Waals surface area contributed by atoms with Gasteiger partial charge in [-0.25, -0.2) is 18.4 Å². The number of aromatic nitrogens is 3. The van der Waals surface area contributed by atoms with Crippen LogP contribution in [0.1, 0.15) is 5.69 Å². The summed E-state index contributed by atoms with van der Waals surface area (Å²) in [6.07, 6.45) is -3.62. The highest BCUT2D eigenvalue weighted by Crippen LogP contribution is 2.38. The van der Waals surface area contributed by atoms with Crippen molar-refractivity contribution in [2.75, 3.05) is 12.8 Å². The average Bonchev–Trinajstić information content (AvgIpc) is 2.78. The van der Waals surface area contributed by atoms with Crippen molar-refractivity contribution in [3.8, 4) is 11.4 Å². The van der Waals surface area contributed by atoms with Gasteiger partial charge < -0.3 is 10.3 Å². The predicted molar refractivity (Wildman–Crippen MR) is 69.8 cm³/mol. The first-order valence-corrected chi connectivity index (χ1v) is 7.42. The van der Waals surface area contributed by atoms with E-state index in [1.807, 2.05) is 0 Å². The van der Waals surface area contributed by atoms with Gasteiger partial charge in [-0.2, -0.15) is 17.5 Å². The van der Waals surface area contributed by atoms with E-state index in [2.05, 4.69) is 9.97 Å². The van der Waals surface area contributed by atoms with Crippen molar-refractivity contribution in [2.24, 2.45) is 0 Å². The van der Waals surface area contributed by atoms with Crippen LogP contribution in [0.5, 0.6) is 0 Å². The van der Waals surface area contributed by atoms with Gasteiger partial charge in [0.1, 0.15) is 16.3 Å². The van der Waals surface area contributed by atoms with Crippen molar-refractivity contribution in [1.82, 2.24) is 18.8 Å². The zero-order valence-corrected chi connectivity index (χ0v) is 12.0. The number of hydrogen-bond donors (Lipinski definition) is 1. The molecule has 0 radical (unpaired) electrons. The fourth-order valence-corrected chi connectivity index (χ4v) is 3.46. The molecule has 0 aliphatic carbocycles. The molecule has 0 bridgehead atoms. The lowest BCUT2D eigenvalue weighted by molar-refractivity contribution is -0.143. The topological polar surface area (TPSA) is 94.1 Å². The number of halogens is 3. The molecule has 1 aliphatic heterocycles. The predicted octanol–water partition coefficient (Wildman–Crippen LogP) is 1.14. The molecule has 0 saturated carbocycles. The van der Waals surface area contributed by atoms with Crippen LogP contribution in [0.2, 0.25) is 0 Å². The number of nitrogen functional groups attached to an aromatic ring is 1. The third-order valence-electron chi connectivity index (χ3n) is 3.32. The Balaban J connectivity index is 2.38. The molecule has 1 aliphatic rings. The summed E-state index contributed by atoms with van der Waals surface area (Å²) >= 11 is 0. The molecule has 0 amide bonds. The smallest absolute Gasteiger partial charge is 0.368 e. The minimum atomic E-state index is -4.62. The molecule has 11 heteroatoms. The van der Waals surface area contributed by atoms with Crippen LogP contribution in [0.4, 0.5) is 19.1 Å². The number of nitrogens with zero attached hydrogens (tertiary/aromatic N) is 4. The number of hydrogen-bond acceptors (Lipinski definition) is 5. The van der Waals surface area contributed by atoms with E-state index in [1.165, 1.54) is 13.1 Å². The lowest BCUT2D eigenvalue weighted by Gasteiger charge is -2.18. The quantitative estimate of drug-likeness (QED) is 0.780. The van der Waals surface area contributed by atoms with Crippen LogP contribution in [0, 0.1) is 0 Å². The fraction of sp³-hybridized carbons (Fsp3) is 0.273. The average molecular weight is 333 g/mol. The SMILES string of the molecule is CN1Cn2c(ccc2C(F)(F)F)-c2nc(N)ncc2S1(=O)=O. The molecule has 2 aromatic rings. The van der Waals surface area contributed by atoms with Crippen LogP contribution in [0.25, 0.3) is 11.4 Å². The van der Waals surface area contributed by atoms with Gasteiger partial charge >= 0.3 is 6.18 Å². The normalized spacial score (nSPS) is 17.6. The van der Waals surface area contributed by atoms with Crippen molar-refractivity contribution in [3.05, 3.63) is 24.0 Å². The molecule has 0 fully saturated rings. The van der Waals surface area contributed by atoms with Crippen LogP contribution in [0.3, 0.4) is 0 Å². The van der Waals surface area contributed by atoms with E-state index >= 15 is 0 Å². The van der Waals surface area contributed by atoms with Crippen LogP contribution < -0.4 is 5.73 Å².